The maximum absolute atomic E-state index is 11.0. The van der Waals surface area contributed by atoms with Crippen LogP contribution in [-0.4, -0.2) is 10.7 Å². The molecule has 1 heteroatoms. The Morgan fingerprint density at radius 2 is 1.09 bits per heavy atom. The van der Waals surface area contributed by atoms with Crippen LogP contribution in [0.3, 0.4) is 0 Å². The highest BCUT2D eigenvalue weighted by Gasteiger charge is 2.69. The average Bonchev–Trinajstić information content (AvgIpc) is 2.43. The van der Waals surface area contributed by atoms with E-state index in [9.17, 15) is 5.11 Å². The second kappa shape index (κ2) is 5.23. The molecular weight excluding hydrogens is 280 g/mol. The third-order valence-corrected chi connectivity index (χ3v) is 7.06. The summed E-state index contributed by atoms with van der Waals surface area (Å²) in [5, 5.41) is 11.0. The lowest BCUT2D eigenvalue weighted by Gasteiger charge is -2.60. The SMILES string of the molecule is CC(C)(C)C1C(C)(C)[C@@H](C(C)(C)O)CC1(C(C)(C)C)C(C)(C)C. The molecule has 1 aliphatic carbocycles. The maximum atomic E-state index is 11.0. The van der Waals surface area contributed by atoms with Crippen molar-refractivity contribution in [1.29, 1.82) is 0 Å². The van der Waals surface area contributed by atoms with Gasteiger partial charge < -0.3 is 5.11 Å². The highest BCUT2D eigenvalue weighted by molar-refractivity contribution is 5.18. The van der Waals surface area contributed by atoms with Crippen LogP contribution in [0, 0.1) is 38.9 Å². The van der Waals surface area contributed by atoms with Crippen molar-refractivity contribution in [2.24, 2.45) is 38.9 Å². The summed E-state index contributed by atoms with van der Waals surface area (Å²) in [6, 6.07) is 0. The fourth-order valence-corrected chi connectivity index (χ4v) is 7.16. The van der Waals surface area contributed by atoms with Gasteiger partial charge in [0.25, 0.3) is 0 Å². The first kappa shape index (κ1) is 21.0. The van der Waals surface area contributed by atoms with Crippen LogP contribution in [0.4, 0.5) is 0 Å². The summed E-state index contributed by atoms with van der Waals surface area (Å²) in [5.41, 5.74) is 0.180. The Balaban J connectivity index is 3.81. The molecular formula is C22H44O. The van der Waals surface area contributed by atoms with Crippen molar-refractivity contribution in [3.05, 3.63) is 0 Å². The fraction of sp³-hybridized carbons (Fsp3) is 1.00. The Morgan fingerprint density at radius 3 is 1.26 bits per heavy atom. The zero-order valence-corrected chi connectivity index (χ0v) is 18.3. The first-order valence-electron chi connectivity index (χ1n) is 9.43. The molecule has 0 bridgehead atoms. The van der Waals surface area contributed by atoms with Crippen LogP contribution >= 0.6 is 0 Å². The Labute approximate surface area is 146 Å². The molecule has 0 heterocycles. The predicted octanol–water partition coefficient (Wildman–Crippen LogP) is 6.54. The van der Waals surface area contributed by atoms with Crippen molar-refractivity contribution in [3.8, 4) is 0 Å². The van der Waals surface area contributed by atoms with Crippen LogP contribution in [0.15, 0.2) is 0 Å². The molecule has 0 aromatic heterocycles. The zero-order chi connectivity index (χ0) is 18.9. The molecule has 0 aromatic carbocycles. The Kier molecular flexibility index (Phi) is 4.77. The second-order valence-electron chi connectivity index (χ2n) is 12.5. The molecule has 1 rings (SSSR count). The van der Waals surface area contributed by atoms with Crippen LogP contribution in [0.1, 0.15) is 96.4 Å². The van der Waals surface area contributed by atoms with E-state index < -0.39 is 5.60 Å². The molecule has 2 atom stereocenters. The van der Waals surface area contributed by atoms with Crippen molar-refractivity contribution < 1.29 is 5.11 Å². The molecule has 1 unspecified atom stereocenters. The second-order valence-corrected chi connectivity index (χ2v) is 12.5. The van der Waals surface area contributed by atoms with Gasteiger partial charge in [0.2, 0.25) is 0 Å². The van der Waals surface area contributed by atoms with Crippen molar-refractivity contribution in [2.75, 3.05) is 0 Å². The largest absolute Gasteiger partial charge is 0.390 e. The number of hydrogen-bond donors (Lipinski definition) is 1. The normalized spacial score (nSPS) is 29.0. The van der Waals surface area contributed by atoms with Gasteiger partial charge in [-0.25, -0.2) is 0 Å². The van der Waals surface area contributed by atoms with Gasteiger partial charge >= 0.3 is 0 Å². The number of rotatable bonds is 1. The lowest BCUT2D eigenvalue weighted by atomic mass is 9.44. The molecule has 0 spiro atoms. The molecule has 0 saturated heterocycles. The highest BCUT2D eigenvalue weighted by atomic mass is 16.3. The topological polar surface area (TPSA) is 20.2 Å². The van der Waals surface area contributed by atoms with E-state index in [-0.39, 0.29) is 27.1 Å². The molecule has 0 radical (unpaired) electrons. The minimum absolute atomic E-state index is 0.0943. The summed E-state index contributed by atoms with van der Waals surface area (Å²) in [6.07, 6.45) is 1.10. The average molecular weight is 325 g/mol. The van der Waals surface area contributed by atoms with Crippen LogP contribution in [-0.2, 0) is 0 Å². The van der Waals surface area contributed by atoms with Gasteiger partial charge in [0.1, 0.15) is 0 Å². The maximum Gasteiger partial charge on any atom is 0.0625 e. The van der Waals surface area contributed by atoms with Crippen molar-refractivity contribution in [2.45, 2.75) is 102 Å². The van der Waals surface area contributed by atoms with E-state index in [1.807, 2.05) is 13.8 Å². The summed E-state index contributed by atoms with van der Waals surface area (Å²) in [5.74, 6) is 0.844. The van der Waals surface area contributed by atoms with Gasteiger partial charge in [-0.1, -0.05) is 76.2 Å². The quantitative estimate of drug-likeness (QED) is 0.580. The number of hydrogen-bond acceptors (Lipinski definition) is 1. The van der Waals surface area contributed by atoms with E-state index in [1.54, 1.807) is 0 Å². The van der Waals surface area contributed by atoms with Crippen molar-refractivity contribution >= 4 is 0 Å². The molecule has 0 aliphatic heterocycles. The molecule has 1 N–H and O–H groups in total. The number of aliphatic hydroxyl groups is 1. The molecule has 1 aliphatic rings. The van der Waals surface area contributed by atoms with Gasteiger partial charge in [-0.3, -0.25) is 0 Å². The lowest BCUT2D eigenvalue weighted by Crippen LogP contribution is -2.55. The smallest absolute Gasteiger partial charge is 0.0625 e. The summed E-state index contributed by atoms with van der Waals surface area (Å²) in [4.78, 5) is 0. The molecule has 0 amide bonds. The Morgan fingerprint density at radius 1 is 0.739 bits per heavy atom. The van der Waals surface area contributed by atoms with Gasteiger partial charge in [-0.15, -0.1) is 0 Å². The van der Waals surface area contributed by atoms with Crippen LogP contribution < -0.4 is 0 Å². The van der Waals surface area contributed by atoms with E-state index in [1.165, 1.54) is 0 Å². The van der Waals surface area contributed by atoms with E-state index in [4.69, 9.17) is 0 Å². The first-order valence-corrected chi connectivity index (χ1v) is 9.43. The Bertz CT molecular complexity index is 415. The standard InChI is InChI=1S/C22H44O/c1-17(2,3)16-20(10,11)15(21(12,13)23)14-22(16,18(4,5)6)19(7,8)9/h15-16,23H,14H2,1-13H3/t15-,16?/m0/s1. The summed E-state index contributed by atoms with van der Waals surface area (Å²) in [7, 11) is 0. The molecule has 0 aromatic rings. The minimum Gasteiger partial charge on any atom is -0.390 e. The molecule has 1 fully saturated rings. The molecule has 1 nitrogen and oxygen atoms in total. The fourth-order valence-electron chi connectivity index (χ4n) is 7.16. The third kappa shape index (κ3) is 3.12. The van der Waals surface area contributed by atoms with E-state index in [0.717, 1.165) is 6.42 Å². The summed E-state index contributed by atoms with van der Waals surface area (Å²) < 4.78 is 0. The third-order valence-electron chi connectivity index (χ3n) is 7.06. The van der Waals surface area contributed by atoms with Crippen molar-refractivity contribution in [3.63, 3.8) is 0 Å². The molecule has 1 saturated carbocycles. The summed E-state index contributed by atoms with van der Waals surface area (Å²) in [6.45, 7) is 30.5. The minimum atomic E-state index is -0.648. The van der Waals surface area contributed by atoms with Gasteiger partial charge in [0, 0.05) is 0 Å². The van der Waals surface area contributed by atoms with Gasteiger partial charge in [-0.2, -0.15) is 0 Å². The van der Waals surface area contributed by atoms with Gasteiger partial charge in [-0.05, 0) is 59.2 Å². The van der Waals surface area contributed by atoms with Gasteiger partial charge in [0.05, 0.1) is 5.60 Å². The predicted molar refractivity (Wildman–Crippen MR) is 102 cm³/mol. The van der Waals surface area contributed by atoms with Crippen LogP contribution in [0.2, 0.25) is 0 Å². The highest BCUT2D eigenvalue weighted by Crippen LogP contribution is 2.75. The monoisotopic (exact) mass is 324 g/mol. The zero-order valence-electron chi connectivity index (χ0n) is 18.3. The van der Waals surface area contributed by atoms with E-state index in [0.29, 0.717) is 11.8 Å². The van der Waals surface area contributed by atoms with E-state index in [2.05, 4.69) is 76.2 Å². The summed E-state index contributed by atoms with van der Waals surface area (Å²) >= 11 is 0. The molecule has 23 heavy (non-hydrogen) atoms. The van der Waals surface area contributed by atoms with E-state index >= 15 is 0 Å². The Hall–Kier alpha value is -0.0400. The van der Waals surface area contributed by atoms with Crippen molar-refractivity contribution in [1.82, 2.24) is 0 Å². The lowest BCUT2D eigenvalue weighted by molar-refractivity contribution is -0.126. The van der Waals surface area contributed by atoms with Crippen LogP contribution in [0.5, 0.6) is 0 Å². The van der Waals surface area contributed by atoms with Crippen LogP contribution in [0.25, 0.3) is 0 Å². The molecule has 138 valence electrons. The van der Waals surface area contributed by atoms with Gasteiger partial charge in [0.15, 0.2) is 0 Å². The first-order chi connectivity index (χ1) is 9.71.